The average Bonchev–Trinajstić information content (AvgIpc) is 3.36. The monoisotopic (exact) mass is 370 g/mol. The molecule has 6 nitrogen and oxygen atoms in total. The molecule has 0 bridgehead atoms. The molecule has 7 heteroatoms. The number of nitrogens with one attached hydrogen (secondary N) is 1. The fourth-order valence-corrected chi connectivity index (χ4v) is 3.19. The number of nitrogens with zero attached hydrogens (tertiary/aromatic N) is 1. The maximum Gasteiger partial charge on any atom is 0.307 e. The Balaban J connectivity index is 1.60. The number of hydrogen-bond acceptors (Lipinski definition) is 6. The number of methoxy groups -OCH3 is 1. The third kappa shape index (κ3) is 4.80. The lowest BCUT2D eigenvalue weighted by Crippen LogP contribution is -2.16. The first-order valence-electron chi connectivity index (χ1n) is 7.90. The van der Waals surface area contributed by atoms with E-state index in [1.807, 2.05) is 30.3 Å². The molecule has 26 heavy (non-hydrogen) atoms. The molecular formula is C19H18N2O4S. The number of rotatable bonds is 8. The molecule has 3 aromatic rings. The standard InChI is InChI=1S/C19H18N2O4S/c1-23-17-7-6-14(11-20-21-19(22)18-5-3-9-25-18)10-15(17)12-26-13-16-4-2-8-24-16/h2-11H,12-13H2,1H3,(H,21,22)/b20-11-. The molecule has 0 saturated heterocycles. The predicted octanol–water partition coefficient (Wildman–Crippen LogP) is 4.08. The predicted molar refractivity (Wildman–Crippen MR) is 100 cm³/mol. The average molecular weight is 370 g/mol. The normalized spacial score (nSPS) is 11.0. The summed E-state index contributed by atoms with van der Waals surface area (Å²) >= 11 is 1.73. The number of benzene rings is 1. The summed E-state index contributed by atoms with van der Waals surface area (Å²) in [6, 6.07) is 12.8. The molecule has 0 aliphatic carbocycles. The molecule has 134 valence electrons. The van der Waals surface area contributed by atoms with Gasteiger partial charge in [-0.1, -0.05) is 0 Å². The van der Waals surface area contributed by atoms with Gasteiger partial charge in [-0.25, -0.2) is 5.43 Å². The molecule has 0 spiro atoms. The molecule has 0 unspecified atom stereocenters. The summed E-state index contributed by atoms with van der Waals surface area (Å²) in [5, 5.41) is 3.97. The Bertz CT molecular complexity index is 858. The van der Waals surface area contributed by atoms with Gasteiger partial charge in [-0.2, -0.15) is 5.10 Å². The number of carbonyl (C=O) groups is 1. The molecule has 0 saturated carbocycles. The van der Waals surface area contributed by atoms with Gasteiger partial charge >= 0.3 is 5.91 Å². The molecule has 3 rings (SSSR count). The van der Waals surface area contributed by atoms with Crippen LogP contribution in [0, 0.1) is 0 Å². The Kier molecular flexibility index (Phi) is 6.16. The van der Waals surface area contributed by atoms with Gasteiger partial charge in [-0.3, -0.25) is 4.79 Å². The van der Waals surface area contributed by atoms with Crippen molar-refractivity contribution in [1.82, 2.24) is 5.43 Å². The van der Waals surface area contributed by atoms with E-state index in [0.29, 0.717) is 0 Å². The first-order chi connectivity index (χ1) is 12.8. The molecule has 2 aromatic heterocycles. The molecule has 1 amide bonds. The highest BCUT2D eigenvalue weighted by Crippen LogP contribution is 2.26. The van der Waals surface area contributed by atoms with E-state index < -0.39 is 5.91 Å². The fraction of sp³-hybridized carbons (Fsp3) is 0.158. The van der Waals surface area contributed by atoms with E-state index in [2.05, 4.69) is 10.5 Å². The zero-order chi connectivity index (χ0) is 18.2. The minimum Gasteiger partial charge on any atom is -0.496 e. The van der Waals surface area contributed by atoms with Crippen molar-refractivity contribution < 1.29 is 18.4 Å². The lowest BCUT2D eigenvalue weighted by molar-refractivity contribution is 0.0927. The van der Waals surface area contributed by atoms with E-state index in [1.54, 1.807) is 43.5 Å². The minimum atomic E-state index is -0.394. The van der Waals surface area contributed by atoms with Gasteiger partial charge in [0.25, 0.3) is 0 Å². The second-order valence-corrected chi connectivity index (χ2v) is 6.31. The van der Waals surface area contributed by atoms with Crippen molar-refractivity contribution in [2.75, 3.05) is 7.11 Å². The maximum absolute atomic E-state index is 11.8. The van der Waals surface area contributed by atoms with E-state index in [4.69, 9.17) is 13.6 Å². The minimum absolute atomic E-state index is 0.215. The van der Waals surface area contributed by atoms with Gasteiger partial charge in [0.2, 0.25) is 0 Å². The highest BCUT2D eigenvalue weighted by molar-refractivity contribution is 7.97. The van der Waals surface area contributed by atoms with Gasteiger partial charge < -0.3 is 13.6 Å². The van der Waals surface area contributed by atoms with E-state index in [1.165, 1.54) is 6.26 Å². The van der Waals surface area contributed by atoms with E-state index >= 15 is 0 Å². The van der Waals surface area contributed by atoms with Crippen LogP contribution in [0.4, 0.5) is 0 Å². The van der Waals surface area contributed by atoms with Crippen molar-refractivity contribution in [1.29, 1.82) is 0 Å². The number of furan rings is 2. The lowest BCUT2D eigenvalue weighted by Gasteiger charge is -2.09. The number of amides is 1. The van der Waals surface area contributed by atoms with Crippen LogP contribution in [0.15, 0.2) is 68.9 Å². The van der Waals surface area contributed by atoms with Crippen molar-refractivity contribution in [2.45, 2.75) is 11.5 Å². The van der Waals surface area contributed by atoms with Crippen LogP contribution in [-0.4, -0.2) is 19.2 Å². The highest BCUT2D eigenvalue weighted by atomic mass is 32.2. The summed E-state index contributed by atoms with van der Waals surface area (Å²) in [4.78, 5) is 11.8. The van der Waals surface area contributed by atoms with Crippen molar-refractivity contribution in [3.05, 3.63) is 77.6 Å². The quantitative estimate of drug-likeness (QED) is 0.478. The summed E-state index contributed by atoms with van der Waals surface area (Å²) in [6.45, 7) is 0. The molecule has 0 atom stereocenters. The summed E-state index contributed by atoms with van der Waals surface area (Å²) < 4.78 is 15.8. The van der Waals surface area contributed by atoms with Crippen molar-refractivity contribution in [3.63, 3.8) is 0 Å². The number of carbonyl (C=O) groups excluding carboxylic acids is 1. The van der Waals surface area contributed by atoms with Crippen LogP contribution in [-0.2, 0) is 11.5 Å². The van der Waals surface area contributed by atoms with Gasteiger partial charge in [-0.15, -0.1) is 11.8 Å². The third-order valence-electron chi connectivity index (χ3n) is 3.51. The van der Waals surface area contributed by atoms with E-state index in [9.17, 15) is 4.79 Å². The maximum atomic E-state index is 11.8. The molecule has 0 aliphatic heterocycles. The largest absolute Gasteiger partial charge is 0.496 e. The summed E-state index contributed by atoms with van der Waals surface area (Å²) in [5.74, 6) is 3.12. The van der Waals surface area contributed by atoms with Crippen LogP contribution in [0.3, 0.4) is 0 Å². The smallest absolute Gasteiger partial charge is 0.307 e. The molecule has 0 aliphatic rings. The van der Waals surface area contributed by atoms with E-state index in [0.717, 1.165) is 34.1 Å². The number of hydrazone groups is 1. The third-order valence-corrected chi connectivity index (χ3v) is 4.51. The molecular weight excluding hydrogens is 352 g/mol. The Morgan fingerprint density at radius 3 is 2.77 bits per heavy atom. The fourth-order valence-electron chi connectivity index (χ4n) is 2.28. The van der Waals surface area contributed by atoms with Crippen LogP contribution in [0.2, 0.25) is 0 Å². The van der Waals surface area contributed by atoms with Gasteiger partial charge in [-0.05, 0) is 48.0 Å². The SMILES string of the molecule is COc1ccc(/C=N\NC(=O)c2ccco2)cc1CSCc1ccco1. The Labute approximate surface area is 155 Å². The molecule has 2 heterocycles. The Morgan fingerprint density at radius 2 is 2.04 bits per heavy atom. The summed E-state index contributed by atoms with van der Waals surface area (Å²) in [6.07, 6.45) is 4.69. The Hall–Kier alpha value is -2.93. The summed E-state index contributed by atoms with van der Waals surface area (Å²) in [5.41, 5.74) is 4.34. The van der Waals surface area contributed by atoms with Crippen LogP contribution in [0.5, 0.6) is 5.75 Å². The zero-order valence-electron chi connectivity index (χ0n) is 14.2. The van der Waals surface area contributed by atoms with Crippen molar-refractivity contribution in [3.8, 4) is 5.75 Å². The van der Waals surface area contributed by atoms with Crippen LogP contribution in [0.25, 0.3) is 0 Å². The second-order valence-electron chi connectivity index (χ2n) is 5.32. The number of thioether (sulfide) groups is 1. The van der Waals surface area contributed by atoms with Crippen LogP contribution >= 0.6 is 11.8 Å². The molecule has 1 N–H and O–H groups in total. The van der Waals surface area contributed by atoms with Gasteiger partial charge in [0.05, 0.1) is 31.6 Å². The van der Waals surface area contributed by atoms with E-state index in [-0.39, 0.29) is 5.76 Å². The topological polar surface area (TPSA) is 77.0 Å². The van der Waals surface area contributed by atoms with Gasteiger partial charge in [0, 0.05) is 11.3 Å². The lowest BCUT2D eigenvalue weighted by atomic mass is 10.1. The van der Waals surface area contributed by atoms with Gasteiger partial charge in [0.15, 0.2) is 5.76 Å². The first-order valence-corrected chi connectivity index (χ1v) is 9.05. The number of ether oxygens (including phenoxy) is 1. The zero-order valence-corrected chi connectivity index (χ0v) is 15.0. The van der Waals surface area contributed by atoms with Crippen LogP contribution < -0.4 is 10.2 Å². The first kappa shape index (κ1) is 17.9. The molecule has 0 fully saturated rings. The highest BCUT2D eigenvalue weighted by Gasteiger charge is 2.07. The van der Waals surface area contributed by atoms with Crippen molar-refractivity contribution in [2.24, 2.45) is 5.10 Å². The second kappa shape index (κ2) is 8.96. The summed E-state index contributed by atoms with van der Waals surface area (Å²) in [7, 11) is 1.65. The number of hydrogen-bond donors (Lipinski definition) is 1. The Morgan fingerprint density at radius 1 is 1.19 bits per heavy atom. The van der Waals surface area contributed by atoms with Crippen LogP contribution in [0.1, 0.15) is 27.4 Å². The molecule has 1 aromatic carbocycles. The molecule has 0 radical (unpaired) electrons. The van der Waals surface area contributed by atoms with Crippen molar-refractivity contribution >= 4 is 23.9 Å². The van der Waals surface area contributed by atoms with Gasteiger partial charge in [0.1, 0.15) is 11.5 Å².